The molecule has 1 aromatic carbocycles. The summed E-state index contributed by atoms with van der Waals surface area (Å²) in [6, 6.07) is 7.74. The van der Waals surface area contributed by atoms with Gasteiger partial charge in [-0.2, -0.15) is 0 Å². The van der Waals surface area contributed by atoms with E-state index in [-0.39, 0.29) is 29.9 Å². The van der Waals surface area contributed by atoms with E-state index in [4.69, 9.17) is 4.99 Å². The van der Waals surface area contributed by atoms with Gasteiger partial charge in [0.25, 0.3) is 5.91 Å². The number of halogens is 1. The van der Waals surface area contributed by atoms with E-state index in [1.807, 2.05) is 24.3 Å². The van der Waals surface area contributed by atoms with Crippen LogP contribution in [0.25, 0.3) is 0 Å². The Kier molecular flexibility index (Phi) is 9.39. The van der Waals surface area contributed by atoms with Crippen molar-refractivity contribution in [1.29, 1.82) is 0 Å². The smallest absolute Gasteiger partial charge is 0.253 e. The second kappa shape index (κ2) is 10.7. The highest BCUT2D eigenvalue weighted by molar-refractivity contribution is 14.0. The second-order valence-electron chi connectivity index (χ2n) is 7.42. The molecule has 2 rings (SSSR count). The minimum atomic E-state index is 0. The Morgan fingerprint density at radius 3 is 2.27 bits per heavy atom. The third-order valence-electron chi connectivity index (χ3n) is 4.52. The van der Waals surface area contributed by atoms with Crippen LogP contribution in [-0.4, -0.2) is 55.4 Å². The first kappa shape index (κ1) is 22.7. The molecule has 1 fully saturated rings. The van der Waals surface area contributed by atoms with Gasteiger partial charge >= 0.3 is 0 Å². The van der Waals surface area contributed by atoms with Crippen LogP contribution in [0.15, 0.2) is 29.3 Å². The molecule has 26 heavy (non-hydrogen) atoms. The minimum absolute atomic E-state index is 0. The van der Waals surface area contributed by atoms with E-state index in [0.717, 1.165) is 31.2 Å². The van der Waals surface area contributed by atoms with Gasteiger partial charge in [0, 0.05) is 39.3 Å². The van der Waals surface area contributed by atoms with Gasteiger partial charge in [0.15, 0.2) is 5.96 Å². The highest BCUT2D eigenvalue weighted by Crippen LogP contribution is 2.21. The van der Waals surface area contributed by atoms with Crippen LogP contribution in [0.1, 0.15) is 43.1 Å². The molecule has 0 aliphatic carbocycles. The zero-order valence-electron chi connectivity index (χ0n) is 16.7. The summed E-state index contributed by atoms with van der Waals surface area (Å²) in [5.41, 5.74) is 1.83. The third-order valence-corrected chi connectivity index (χ3v) is 4.52. The third kappa shape index (κ3) is 6.45. The molecule has 1 saturated heterocycles. The highest BCUT2D eigenvalue weighted by atomic mass is 127. The average Bonchev–Trinajstić information content (AvgIpc) is 2.57. The van der Waals surface area contributed by atoms with Gasteiger partial charge in [0.2, 0.25) is 0 Å². The molecule has 1 aliphatic heterocycles. The second-order valence-corrected chi connectivity index (χ2v) is 7.42. The van der Waals surface area contributed by atoms with Gasteiger partial charge in [-0.25, -0.2) is 4.99 Å². The number of aliphatic imine (C=N–C) groups is 1. The largest absolute Gasteiger partial charge is 0.357 e. The molecule has 5 nitrogen and oxygen atoms in total. The van der Waals surface area contributed by atoms with Gasteiger partial charge in [-0.15, -0.1) is 24.0 Å². The molecule has 0 aromatic heterocycles. The minimum Gasteiger partial charge on any atom is -0.357 e. The van der Waals surface area contributed by atoms with Crippen molar-refractivity contribution in [2.45, 2.75) is 33.7 Å². The normalized spacial score (nSPS) is 20.3. The van der Waals surface area contributed by atoms with Crippen LogP contribution < -0.4 is 5.32 Å². The van der Waals surface area contributed by atoms with E-state index in [1.54, 1.807) is 19.0 Å². The molecule has 1 N–H and O–H groups in total. The van der Waals surface area contributed by atoms with Crippen molar-refractivity contribution >= 4 is 35.8 Å². The summed E-state index contributed by atoms with van der Waals surface area (Å²) >= 11 is 0. The summed E-state index contributed by atoms with van der Waals surface area (Å²) in [5.74, 6) is 2.42. The fourth-order valence-corrected chi connectivity index (χ4v) is 3.44. The first-order valence-corrected chi connectivity index (χ1v) is 9.24. The van der Waals surface area contributed by atoms with Gasteiger partial charge in [-0.05, 0) is 42.9 Å². The van der Waals surface area contributed by atoms with Crippen LogP contribution in [-0.2, 0) is 6.54 Å². The Balaban J connectivity index is 0.00000338. The van der Waals surface area contributed by atoms with Crippen molar-refractivity contribution in [3.63, 3.8) is 0 Å². The zero-order valence-corrected chi connectivity index (χ0v) is 19.0. The molecular weight excluding hydrogens is 439 g/mol. The number of nitrogens with zero attached hydrogens (tertiary/aromatic N) is 3. The summed E-state index contributed by atoms with van der Waals surface area (Å²) in [5, 5.41) is 3.42. The van der Waals surface area contributed by atoms with Gasteiger partial charge in [-0.1, -0.05) is 26.0 Å². The summed E-state index contributed by atoms with van der Waals surface area (Å²) in [6.45, 7) is 10.3. The average molecular weight is 472 g/mol. The predicted octanol–water partition coefficient (Wildman–Crippen LogP) is 3.45. The van der Waals surface area contributed by atoms with Gasteiger partial charge < -0.3 is 15.1 Å². The number of rotatable bonds is 4. The Hall–Kier alpha value is -1.31. The molecule has 146 valence electrons. The van der Waals surface area contributed by atoms with Gasteiger partial charge in [0.05, 0.1) is 6.54 Å². The van der Waals surface area contributed by atoms with E-state index in [2.05, 4.69) is 31.0 Å². The van der Waals surface area contributed by atoms with Crippen LogP contribution in [0, 0.1) is 11.8 Å². The molecule has 1 aromatic rings. The Labute approximate surface area is 175 Å². The lowest BCUT2D eigenvalue weighted by atomic mass is 9.92. The highest BCUT2D eigenvalue weighted by Gasteiger charge is 2.23. The number of carbonyl (C=O) groups excluding carboxylic acids is 1. The SMILES string of the molecule is CCNC(=NCc1ccc(C(=O)N(C)C)cc1)N1CC(C)CC(C)C1.I. The number of benzene rings is 1. The van der Waals surface area contributed by atoms with Crippen LogP contribution in [0.2, 0.25) is 0 Å². The maximum atomic E-state index is 12.0. The first-order valence-electron chi connectivity index (χ1n) is 9.24. The summed E-state index contributed by atoms with van der Waals surface area (Å²) in [4.78, 5) is 20.8. The van der Waals surface area contributed by atoms with Crippen molar-refractivity contribution in [2.75, 3.05) is 33.7 Å². The van der Waals surface area contributed by atoms with Crippen LogP contribution in [0.3, 0.4) is 0 Å². The molecule has 0 spiro atoms. The number of likely N-dealkylation sites (tertiary alicyclic amines) is 1. The van der Waals surface area contributed by atoms with Crippen molar-refractivity contribution in [2.24, 2.45) is 16.8 Å². The molecule has 2 unspecified atom stereocenters. The number of carbonyl (C=O) groups is 1. The Bertz CT molecular complexity index is 590. The Morgan fingerprint density at radius 1 is 1.19 bits per heavy atom. The molecule has 1 amide bonds. The summed E-state index contributed by atoms with van der Waals surface area (Å²) in [6.07, 6.45) is 1.29. The number of piperidine rings is 1. The molecule has 1 heterocycles. The van der Waals surface area contributed by atoms with Crippen molar-refractivity contribution in [3.05, 3.63) is 35.4 Å². The molecule has 2 atom stereocenters. The fraction of sp³-hybridized carbons (Fsp3) is 0.600. The molecule has 1 aliphatic rings. The maximum Gasteiger partial charge on any atom is 0.253 e. The van der Waals surface area contributed by atoms with Crippen LogP contribution in [0.4, 0.5) is 0 Å². The van der Waals surface area contributed by atoms with Gasteiger partial charge in [0.1, 0.15) is 0 Å². The van der Waals surface area contributed by atoms with Crippen LogP contribution in [0.5, 0.6) is 0 Å². The van der Waals surface area contributed by atoms with Crippen molar-refractivity contribution in [1.82, 2.24) is 15.1 Å². The van der Waals surface area contributed by atoms with Crippen molar-refractivity contribution in [3.8, 4) is 0 Å². The lowest BCUT2D eigenvalue weighted by molar-refractivity contribution is 0.0827. The fourth-order valence-electron chi connectivity index (χ4n) is 3.44. The Morgan fingerprint density at radius 2 is 1.77 bits per heavy atom. The van der Waals surface area contributed by atoms with E-state index in [1.165, 1.54) is 6.42 Å². The molecule has 0 bridgehead atoms. The standard InChI is InChI=1S/C20H32N4O.HI/c1-6-21-20(24-13-15(2)11-16(3)14-24)22-12-17-7-9-18(10-8-17)19(25)23(4)5;/h7-10,15-16H,6,11-14H2,1-5H3,(H,21,22);1H. The maximum absolute atomic E-state index is 12.0. The number of guanidine groups is 1. The van der Waals surface area contributed by atoms with Gasteiger partial charge in [-0.3, -0.25) is 4.79 Å². The summed E-state index contributed by atoms with van der Waals surface area (Å²) < 4.78 is 0. The quantitative estimate of drug-likeness (QED) is 0.415. The number of hydrogen-bond donors (Lipinski definition) is 1. The zero-order chi connectivity index (χ0) is 18.4. The van der Waals surface area contributed by atoms with E-state index < -0.39 is 0 Å². The topological polar surface area (TPSA) is 47.9 Å². The molecule has 0 saturated carbocycles. The van der Waals surface area contributed by atoms with Crippen molar-refractivity contribution < 1.29 is 4.79 Å². The monoisotopic (exact) mass is 472 g/mol. The number of nitrogens with one attached hydrogen (secondary N) is 1. The molecule has 6 heteroatoms. The number of hydrogen-bond acceptors (Lipinski definition) is 2. The molecule has 0 radical (unpaired) electrons. The van der Waals surface area contributed by atoms with E-state index in [0.29, 0.717) is 23.9 Å². The van der Waals surface area contributed by atoms with Crippen LogP contribution >= 0.6 is 24.0 Å². The number of amides is 1. The predicted molar refractivity (Wildman–Crippen MR) is 119 cm³/mol. The lowest BCUT2D eigenvalue weighted by Crippen LogP contribution is -2.48. The molecular formula is C20H33IN4O. The lowest BCUT2D eigenvalue weighted by Gasteiger charge is -2.37. The summed E-state index contributed by atoms with van der Waals surface area (Å²) in [7, 11) is 3.54. The van der Waals surface area contributed by atoms with E-state index in [9.17, 15) is 4.79 Å². The van der Waals surface area contributed by atoms with E-state index >= 15 is 0 Å². The first-order chi connectivity index (χ1) is 11.9.